The van der Waals surface area contributed by atoms with Gasteiger partial charge in [-0.25, -0.2) is 0 Å². The summed E-state index contributed by atoms with van der Waals surface area (Å²) in [7, 11) is 0. The summed E-state index contributed by atoms with van der Waals surface area (Å²) in [4.78, 5) is 13.2. The molecule has 18 heavy (non-hydrogen) atoms. The van der Waals surface area contributed by atoms with Crippen LogP contribution in [0.1, 0.15) is 19.4 Å². The van der Waals surface area contributed by atoms with E-state index in [2.05, 4.69) is 0 Å². The molecule has 1 N–H and O–H groups in total. The Morgan fingerprint density at radius 1 is 1.28 bits per heavy atom. The molecule has 0 saturated heterocycles. The van der Waals surface area contributed by atoms with Crippen molar-refractivity contribution in [1.29, 1.82) is 0 Å². The van der Waals surface area contributed by atoms with Crippen LogP contribution in [0.5, 0.6) is 0 Å². The Kier molecular flexibility index (Phi) is 5.93. The van der Waals surface area contributed by atoms with Crippen LogP contribution in [0, 0.1) is 0 Å². The Morgan fingerprint density at radius 2 is 1.89 bits per heavy atom. The van der Waals surface area contributed by atoms with Gasteiger partial charge in [0.05, 0.1) is 10.0 Å². The summed E-state index contributed by atoms with van der Waals surface area (Å²) in [6.45, 7) is 5.31. The van der Waals surface area contributed by atoms with Crippen molar-refractivity contribution < 1.29 is 9.90 Å². The number of nitrogens with zero attached hydrogens (tertiary/aromatic N) is 1. The highest BCUT2D eigenvalue weighted by molar-refractivity contribution is 6.42. The number of benzene rings is 1. The summed E-state index contributed by atoms with van der Waals surface area (Å²) >= 11 is 11.8. The number of halogens is 2. The van der Waals surface area contributed by atoms with Crippen LogP contribution in [0.2, 0.25) is 10.0 Å². The number of carboxylic acids is 1. The Balaban J connectivity index is 2.89. The molecular weight excluding hydrogens is 273 g/mol. The van der Waals surface area contributed by atoms with E-state index in [1.165, 1.54) is 0 Å². The number of hydrogen-bond acceptors (Lipinski definition) is 2. The van der Waals surface area contributed by atoms with Gasteiger partial charge in [-0.2, -0.15) is 0 Å². The molecule has 0 bridgehead atoms. The number of likely N-dealkylation sites (N-methyl/N-ethyl adjacent to an activating group) is 1. The fourth-order valence-electron chi connectivity index (χ4n) is 1.93. The lowest BCUT2D eigenvalue weighted by Crippen LogP contribution is -2.42. The summed E-state index contributed by atoms with van der Waals surface area (Å²) in [5.74, 6) is -0.815. The minimum atomic E-state index is -0.815. The van der Waals surface area contributed by atoms with E-state index in [1.807, 2.05) is 24.8 Å². The molecule has 3 nitrogen and oxygen atoms in total. The fraction of sp³-hybridized carbons (Fsp3) is 0.462. The number of rotatable bonds is 6. The van der Waals surface area contributed by atoms with Gasteiger partial charge in [-0.15, -0.1) is 0 Å². The van der Waals surface area contributed by atoms with Gasteiger partial charge in [0.2, 0.25) is 0 Å². The molecule has 0 fully saturated rings. The van der Waals surface area contributed by atoms with Crippen molar-refractivity contribution >= 4 is 29.2 Å². The third-order valence-corrected chi connectivity index (χ3v) is 3.69. The summed E-state index contributed by atoms with van der Waals surface area (Å²) < 4.78 is 0. The van der Waals surface area contributed by atoms with Gasteiger partial charge in [0.1, 0.15) is 6.04 Å². The third kappa shape index (κ3) is 3.87. The van der Waals surface area contributed by atoms with Crippen LogP contribution in [0.25, 0.3) is 0 Å². The van der Waals surface area contributed by atoms with E-state index in [0.717, 1.165) is 5.56 Å². The van der Waals surface area contributed by atoms with E-state index in [0.29, 0.717) is 29.6 Å². The number of hydrogen-bond donors (Lipinski definition) is 1. The maximum Gasteiger partial charge on any atom is 0.321 e. The molecule has 0 aromatic heterocycles. The molecule has 5 heteroatoms. The van der Waals surface area contributed by atoms with E-state index in [9.17, 15) is 9.90 Å². The predicted molar refractivity (Wildman–Crippen MR) is 74.5 cm³/mol. The second kappa shape index (κ2) is 6.98. The molecule has 1 atom stereocenters. The van der Waals surface area contributed by atoms with Crippen molar-refractivity contribution in [2.75, 3.05) is 13.1 Å². The highest BCUT2D eigenvalue weighted by Gasteiger charge is 2.23. The fourth-order valence-corrected chi connectivity index (χ4v) is 2.25. The smallest absolute Gasteiger partial charge is 0.321 e. The first-order valence-corrected chi connectivity index (χ1v) is 6.66. The van der Waals surface area contributed by atoms with Crippen molar-refractivity contribution in [3.8, 4) is 0 Å². The number of aliphatic carboxylic acids is 1. The van der Waals surface area contributed by atoms with Crippen LogP contribution in [-0.4, -0.2) is 35.1 Å². The molecule has 0 amide bonds. The highest BCUT2D eigenvalue weighted by Crippen LogP contribution is 2.23. The second-order valence-corrected chi connectivity index (χ2v) is 4.84. The van der Waals surface area contributed by atoms with E-state index in [4.69, 9.17) is 23.2 Å². The number of carboxylic acid groups (broad SMARTS) is 1. The average Bonchev–Trinajstić information content (AvgIpc) is 2.33. The quantitative estimate of drug-likeness (QED) is 0.873. The minimum Gasteiger partial charge on any atom is -0.480 e. The molecule has 100 valence electrons. The Morgan fingerprint density at radius 3 is 2.33 bits per heavy atom. The normalized spacial score (nSPS) is 12.7. The van der Waals surface area contributed by atoms with Crippen LogP contribution in [0.4, 0.5) is 0 Å². The Hall–Kier alpha value is -0.770. The molecule has 0 aliphatic rings. The molecule has 0 aliphatic carbocycles. The van der Waals surface area contributed by atoms with E-state index < -0.39 is 12.0 Å². The predicted octanol–water partition coefficient (Wildman–Crippen LogP) is 3.33. The summed E-state index contributed by atoms with van der Waals surface area (Å²) in [5, 5.41) is 10.2. The molecule has 1 aromatic rings. The maximum absolute atomic E-state index is 11.3. The van der Waals surface area contributed by atoms with Gasteiger partial charge in [0, 0.05) is 0 Å². The molecular formula is C13H17Cl2NO2. The van der Waals surface area contributed by atoms with Gasteiger partial charge in [-0.1, -0.05) is 43.1 Å². The molecule has 1 rings (SSSR count). The van der Waals surface area contributed by atoms with Crippen molar-refractivity contribution in [2.24, 2.45) is 0 Å². The standard InChI is InChI=1S/C13H17Cl2NO2/c1-3-16(4-2)12(13(17)18)8-9-5-6-10(14)11(15)7-9/h5-7,12H,3-4,8H2,1-2H3,(H,17,18). The van der Waals surface area contributed by atoms with E-state index >= 15 is 0 Å². The van der Waals surface area contributed by atoms with Gasteiger partial charge < -0.3 is 5.11 Å². The van der Waals surface area contributed by atoms with Crippen LogP contribution in [-0.2, 0) is 11.2 Å². The first kappa shape index (κ1) is 15.3. The molecule has 0 saturated carbocycles. The molecule has 0 spiro atoms. The first-order chi connectivity index (χ1) is 8.49. The largest absolute Gasteiger partial charge is 0.480 e. The summed E-state index contributed by atoms with van der Waals surface area (Å²) in [6, 6.07) is 4.70. The van der Waals surface area contributed by atoms with Gasteiger partial charge >= 0.3 is 5.97 Å². The molecule has 1 aromatic carbocycles. The second-order valence-electron chi connectivity index (χ2n) is 4.03. The van der Waals surface area contributed by atoms with Crippen LogP contribution in [0.3, 0.4) is 0 Å². The van der Waals surface area contributed by atoms with Gasteiger partial charge in [-0.05, 0) is 37.2 Å². The van der Waals surface area contributed by atoms with Crippen LogP contribution < -0.4 is 0 Å². The lowest BCUT2D eigenvalue weighted by molar-refractivity contribution is -0.143. The Bertz CT molecular complexity index is 419. The molecule has 1 unspecified atom stereocenters. The van der Waals surface area contributed by atoms with Crippen molar-refractivity contribution in [3.05, 3.63) is 33.8 Å². The Labute approximate surface area is 117 Å². The molecule has 0 heterocycles. The zero-order chi connectivity index (χ0) is 13.7. The zero-order valence-electron chi connectivity index (χ0n) is 10.5. The molecule has 0 radical (unpaired) electrons. The van der Waals surface area contributed by atoms with Gasteiger partial charge in [0.15, 0.2) is 0 Å². The molecule has 0 aliphatic heterocycles. The minimum absolute atomic E-state index is 0.425. The maximum atomic E-state index is 11.3. The highest BCUT2D eigenvalue weighted by atomic mass is 35.5. The number of carbonyl (C=O) groups is 1. The van der Waals surface area contributed by atoms with E-state index in [1.54, 1.807) is 12.1 Å². The summed E-state index contributed by atoms with van der Waals surface area (Å²) in [6.07, 6.45) is 0.425. The van der Waals surface area contributed by atoms with E-state index in [-0.39, 0.29) is 0 Å². The van der Waals surface area contributed by atoms with Gasteiger partial charge in [0.25, 0.3) is 0 Å². The third-order valence-electron chi connectivity index (χ3n) is 2.95. The van der Waals surface area contributed by atoms with Crippen LogP contribution in [0.15, 0.2) is 18.2 Å². The van der Waals surface area contributed by atoms with Crippen molar-refractivity contribution in [1.82, 2.24) is 4.90 Å². The van der Waals surface area contributed by atoms with Crippen molar-refractivity contribution in [2.45, 2.75) is 26.3 Å². The lowest BCUT2D eigenvalue weighted by Gasteiger charge is -2.26. The topological polar surface area (TPSA) is 40.5 Å². The first-order valence-electron chi connectivity index (χ1n) is 5.90. The SMILES string of the molecule is CCN(CC)C(Cc1ccc(Cl)c(Cl)c1)C(=O)O. The van der Waals surface area contributed by atoms with Crippen LogP contribution >= 0.6 is 23.2 Å². The zero-order valence-corrected chi connectivity index (χ0v) is 12.0. The average molecular weight is 290 g/mol. The lowest BCUT2D eigenvalue weighted by atomic mass is 10.0. The van der Waals surface area contributed by atoms with Gasteiger partial charge in [-0.3, -0.25) is 9.69 Å². The summed E-state index contributed by atoms with van der Waals surface area (Å²) in [5.41, 5.74) is 0.878. The van der Waals surface area contributed by atoms with Crippen molar-refractivity contribution in [3.63, 3.8) is 0 Å². The monoisotopic (exact) mass is 289 g/mol.